The summed E-state index contributed by atoms with van der Waals surface area (Å²) < 4.78 is 12.3. The second-order valence-electron chi connectivity index (χ2n) is 7.13. The number of rotatable bonds is 6. The number of amides is 1. The number of aryl methyl sites for hydroxylation is 1. The topological polar surface area (TPSA) is 67.9 Å². The summed E-state index contributed by atoms with van der Waals surface area (Å²) in [6.07, 6.45) is 1.02. The lowest BCUT2D eigenvalue weighted by molar-refractivity contribution is -0.131. The van der Waals surface area contributed by atoms with Crippen LogP contribution in [0.5, 0.6) is 5.75 Å². The first-order chi connectivity index (χ1) is 14.2. The molecular weight excluding hydrogens is 370 g/mol. The number of carbonyl (C=O) groups is 1. The van der Waals surface area contributed by atoms with E-state index in [4.69, 9.17) is 9.15 Å². The Kier molecular flexibility index (Phi) is 5.55. The summed E-state index contributed by atoms with van der Waals surface area (Å²) in [7, 11) is 1.67. The van der Waals surface area contributed by atoms with Crippen molar-refractivity contribution in [2.24, 2.45) is 0 Å². The van der Waals surface area contributed by atoms with Crippen LogP contribution in [-0.4, -0.2) is 48.7 Å². The molecule has 0 N–H and O–H groups in total. The molecule has 1 aromatic heterocycles. The fourth-order valence-electron chi connectivity index (χ4n) is 3.86. The van der Waals surface area contributed by atoms with Gasteiger partial charge in [-0.25, -0.2) is 4.79 Å². The minimum absolute atomic E-state index is 0.130. The molecule has 3 aromatic rings. The predicted molar refractivity (Wildman–Crippen MR) is 111 cm³/mol. The van der Waals surface area contributed by atoms with Gasteiger partial charge in [0.25, 0.3) is 0 Å². The van der Waals surface area contributed by atoms with Gasteiger partial charge >= 0.3 is 5.76 Å². The molecule has 7 heteroatoms. The van der Waals surface area contributed by atoms with Gasteiger partial charge in [0.2, 0.25) is 5.91 Å². The number of ether oxygens (including phenoxy) is 1. The van der Waals surface area contributed by atoms with Crippen LogP contribution in [0.1, 0.15) is 12.8 Å². The van der Waals surface area contributed by atoms with Gasteiger partial charge in [-0.3, -0.25) is 9.36 Å². The molecular formula is C22H25N3O4. The first kappa shape index (κ1) is 19.1. The summed E-state index contributed by atoms with van der Waals surface area (Å²) >= 11 is 0. The fourth-order valence-corrected chi connectivity index (χ4v) is 3.86. The largest absolute Gasteiger partial charge is 0.495 e. The molecule has 2 aromatic carbocycles. The molecule has 4 rings (SSSR count). The van der Waals surface area contributed by atoms with E-state index < -0.39 is 0 Å². The highest BCUT2D eigenvalue weighted by atomic mass is 16.5. The van der Waals surface area contributed by atoms with E-state index in [1.165, 1.54) is 0 Å². The predicted octanol–water partition coefficient (Wildman–Crippen LogP) is 2.73. The molecule has 1 fully saturated rings. The number of carbonyl (C=O) groups excluding carboxylic acids is 1. The van der Waals surface area contributed by atoms with Crippen LogP contribution in [0.3, 0.4) is 0 Å². The standard InChI is InChI=1S/C22H25N3O4/c1-28-19-9-4-2-7-17(19)23-13-15-24(16-14-23)21(26)11-6-12-25-18-8-3-5-10-20(18)29-22(25)27/h2-5,7-10H,6,11-16H2,1H3. The Morgan fingerprint density at radius 1 is 1.03 bits per heavy atom. The third-order valence-corrected chi connectivity index (χ3v) is 5.40. The van der Waals surface area contributed by atoms with Crippen LogP contribution in [0.25, 0.3) is 11.1 Å². The molecule has 0 atom stereocenters. The molecule has 29 heavy (non-hydrogen) atoms. The van der Waals surface area contributed by atoms with Gasteiger partial charge in [-0.05, 0) is 30.7 Å². The van der Waals surface area contributed by atoms with E-state index in [1.54, 1.807) is 17.7 Å². The average molecular weight is 395 g/mol. The molecule has 0 aliphatic carbocycles. The molecule has 1 saturated heterocycles. The van der Waals surface area contributed by atoms with E-state index in [0.29, 0.717) is 38.1 Å². The van der Waals surface area contributed by atoms with E-state index in [-0.39, 0.29) is 11.7 Å². The number of para-hydroxylation sites is 4. The fraction of sp³-hybridized carbons (Fsp3) is 0.364. The van der Waals surface area contributed by atoms with Gasteiger partial charge in [0.15, 0.2) is 5.58 Å². The van der Waals surface area contributed by atoms with Gasteiger partial charge in [0.05, 0.1) is 18.3 Å². The van der Waals surface area contributed by atoms with Crippen LogP contribution in [0.2, 0.25) is 0 Å². The van der Waals surface area contributed by atoms with Crippen molar-refractivity contribution in [3.05, 3.63) is 59.1 Å². The summed E-state index contributed by atoms with van der Waals surface area (Å²) in [6.45, 7) is 3.40. The maximum Gasteiger partial charge on any atom is 0.419 e. The summed E-state index contributed by atoms with van der Waals surface area (Å²) in [5.74, 6) is 0.611. The zero-order chi connectivity index (χ0) is 20.2. The Morgan fingerprint density at radius 3 is 2.55 bits per heavy atom. The lowest BCUT2D eigenvalue weighted by Crippen LogP contribution is -2.48. The number of oxazole rings is 1. The molecule has 0 bridgehead atoms. The summed E-state index contributed by atoms with van der Waals surface area (Å²) in [5, 5.41) is 0. The number of fused-ring (bicyclic) bond motifs is 1. The third-order valence-electron chi connectivity index (χ3n) is 5.40. The lowest BCUT2D eigenvalue weighted by atomic mass is 10.2. The number of aromatic nitrogens is 1. The molecule has 1 amide bonds. The van der Waals surface area contributed by atoms with Crippen LogP contribution >= 0.6 is 0 Å². The second-order valence-corrected chi connectivity index (χ2v) is 7.13. The molecule has 0 unspecified atom stereocenters. The minimum Gasteiger partial charge on any atom is -0.495 e. The van der Waals surface area contributed by atoms with Crippen LogP contribution in [0.4, 0.5) is 5.69 Å². The summed E-state index contributed by atoms with van der Waals surface area (Å²) in [5.41, 5.74) is 2.42. The first-order valence-corrected chi connectivity index (χ1v) is 9.91. The first-order valence-electron chi connectivity index (χ1n) is 9.91. The molecule has 1 aliphatic rings. The second kappa shape index (κ2) is 8.43. The number of piperazine rings is 1. The SMILES string of the molecule is COc1ccccc1N1CCN(C(=O)CCCn2c(=O)oc3ccccc32)CC1. The van der Waals surface area contributed by atoms with Gasteiger partial charge in [0, 0.05) is 39.1 Å². The Bertz CT molecular complexity index is 1050. The van der Waals surface area contributed by atoms with E-state index in [2.05, 4.69) is 4.90 Å². The highest BCUT2D eigenvalue weighted by molar-refractivity contribution is 5.76. The van der Waals surface area contributed by atoms with Crippen molar-refractivity contribution >= 4 is 22.7 Å². The minimum atomic E-state index is -0.371. The normalized spacial score (nSPS) is 14.4. The Morgan fingerprint density at radius 2 is 1.76 bits per heavy atom. The van der Waals surface area contributed by atoms with Gasteiger partial charge in [-0.2, -0.15) is 0 Å². The van der Waals surface area contributed by atoms with Crippen molar-refractivity contribution in [2.75, 3.05) is 38.2 Å². The molecule has 2 heterocycles. The molecule has 1 aliphatic heterocycles. The number of hydrogen-bond donors (Lipinski definition) is 0. The third kappa shape index (κ3) is 3.99. The maximum absolute atomic E-state index is 12.6. The molecule has 7 nitrogen and oxygen atoms in total. The van der Waals surface area contributed by atoms with Crippen molar-refractivity contribution in [3.63, 3.8) is 0 Å². The Labute approximate surface area is 169 Å². The molecule has 0 spiro atoms. The Hall–Kier alpha value is -3.22. The van der Waals surface area contributed by atoms with Crippen LogP contribution in [-0.2, 0) is 11.3 Å². The quantitative estimate of drug-likeness (QED) is 0.642. The van der Waals surface area contributed by atoms with Gasteiger partial charge in [-0.15, -0.1) is 0 Å². The molecule has 0 radical (unpaired) electrons. The van der Waals surface area contributed by atoms with Crippen molar-refractivity contribution in [1.82, 2.24) is 9.47 Å². The monoisotopic (exact) mass is 395 g/mol. The van der Waals surface area contributed by atoms with Crippen LogP contribution in [0, 0.1) is 0 Å². The van der Waals surface area contributed by atoms with E-state index >= 15 is 0 Å². The smallest absolute Gasteiger partial charge is 0.419 e. The number of nitrogens with zero attached hydrogens (tertiary/aromatic N) is 3. The van der Waals surface area contributed by atoms with Crippen molar-refractivity contribution < 1.29 is 13.9 Å². The van der Waals surface area contributed by atoms with Gasteiger partial charge < -0.3 is 19.0 Å². The number of anilines is 1. The van der Waals surface area contributed by atoms with E-state index in [9.17, 15) is 9.59 Å². The van der Waals surface area contributed by atoms with E-state index in [1.807, 2.05) is 47.4 Å². The van der Waals surface area contributed by atoms with Crippen molar-refractivity contribution in [2.45, 2.75) is 19.4 Å². The number of methoxy groups -OCH3 is 1. The van der Waals surface area contributed by atoms with Crippen molar-refractivity contribution in [1.29, 1.82) is 0 Å². The molecule has 0 saturated carbocycles. The summed E-state index contributed by atoms with van der Waals surface area (Å²) in [4.78, 5) is 28.8. The highest BCUT2D eigenvalue weighted by Crippen LogP contribution is 2.28. The van der Waals surface area contributed by atoms with Crippen LogP contribution in [0.15, 0.2) is 57.7 Å². The number of hydrogen-bond acceptors (Lipinski definition) is 5. The Balaban J connectivity index is 1.30. The summed E-state index contributed by atoms with van der Waals surface area (Å²) in [6, 6.07) is 15.3. The van der Waals surface area contributed by atoms with Crippen LogP contribution < -0.4 is 15.4 Å². The lowest BCUT2D eigenvalue weighted by Gasteiger charge is -2.36. The zero-order valence-electron chi connectivity index (χ0n) is 16.5. The average Bonchev–Trinajstić information content (AvgIpc) is 3.09. The maximum atomic E-state index is 12.6. The van der Waals surface area contributed by atoms with Crippen molar-refractivity contribution in [3.8, 4) is 5.75 Å². The molecule has 152 valence electrons. The number of benzene rings is 2. The highest BCUT2D eigenvalue weighted by Gasteiger charge is 2.22. The van der Waals surface area contributed by atoms with Gasteiger partial charge in [-0.1, -0.05) is 24.3 Å². The van der Waals surface area contributed by atoms with E-state index in [0.717, 1.165) is 30.0 Å². The van der Waals surface area contributed by atoms with Gasteiger partial charge in [0.1, 0.15) is 5.75 Å². The zero-order valence-corrected chi connectivity index (χ0v) is 16.5.